The minimum atomic E-state index is -0.213. The van der Waals surface area contributed by atoms with E-state index >= 15 is 0 Å². The highest BCUT2D eigenvalue weighted by atomic mass is 16.5. The van der Waals surface area contributed by atoms with E-state index in [1.807, 2.05) is 13.0 Å². The fraction of sp³-hybridized carbons (Fsp3) is 0.235. The van der Waals surface area contributed by atoms with Crippen molar-refractivity contribution in [3.05, 3.63) is 53.1 Å². The van der Waals surface area contributed by atoms with E-state index in [9.17, 15) is 9.90 Å². The van der Waals surface area contributed by atoms with E-state index in [1.165, 1.54) is 13.2 Å². The van der Waals surface area contributed by atoms with Crippen LogP contribution in [0.1, 0.15) is 28.4 Å². The number of ketones is 1. The molecule has 0 aliphatic carbocycles. The summed E-state index contributed by atoms with van der Waals surface area (Å²) in [5.74, 6) is 0.920. The summed E-state index contributed by atoms with van der Waals surface area (Å²) in [6.07, 6.45) is 0.704. The fourth-order valence-corrected chi connectivity index (χ4v) is 2.19. The number of ether oxygens (including phenoxy) is 2. The van der Waals surface area contributed by atoms with Gasteiger partial charge in [-0.05, 0) is 42.3 Å². The molecule has 0 aliphatic heterocycles. The van der Waals surface area contributed by atoms with Gasteiger partial charge in [0.15, 0.2) is 5.78 Å². The molecule has 0 unspecified atom stereocenters. The molecule has 0 atom stereocenters. The molecule has 0 saturated heterocycles. The van der Waals surface area contributed by atoms with Gasteiger partial charge in [0.2, 0.25) is 0 Å². The van der Waals surface area contributed by atoms with Crippen molar-refractivity contribution in [2.45, 2.75) is 13.3 Å². The number of methoxy groups -OCH3 is 2. The predicted octanol–water partition coefficient (Wildman–Crippen LogP) is 3.20. The van der Waals surface area contributed by atoms with Gasteiger partial charge in [0, 0.05) is 11.6 Å². The van der Waals surface area contributed by atoms with Gasteiger partial charge < -0.3 is 14.6 Å². The van der Waals surface area contributed by atoms with Crippen molar-refractivity contribution in [3.8, 4) is 17.2 Å². The predicted molar refractivity (Wildman–Crippen MR) is 80.5 cm³/mol. The molecule has 21 heavy (non-hydrogen) atoms. The molecule has 2 rings (SSSR count). The molecule has 0 fully saturated rings. The third kappa shape index (κ3) is 2.99. The molecule has 0 aliphatic rings. The standard InChI is InChI=1S/C17H18O4/c1-4-11-9-12(20-2)5-7-14(11)17(19)15-8-6-13(21-3)10-16(15)18/h5-10,18H,4H2,1-3H3. The Balaban J connectivity index is 2.44. The summed E-state index contributed by atoms with van der Waals surface area (Å²) in [5.41, 5.74) is 1.71. The molecule has 110 valence electrons. The Hall–Kier alpha value is -2.49. The Morgan fingerprint density at radius 3 is 2.10 bits per heavy atom. The van der Waals surface area contributed by atoms with E-state index in [0.29, 0.717) is 23.5 Å². The fourth-order valence-electron chi connectivity index (χ4n) is 2.19. The molecule has 0 amide bonds. The first-order valence-electron chi connectivity index (χ1n) is 6.69. The molecular weight excluding hydrogens is 268 g/mol. The van der Waals surface area contributed by atoms with Crippen LogP contribution in [0.15, 0.2) is 36.4 Å². The van der Waals surface area contributed by atoms with Gasteiger partial charge in [-0.15, -0.1) is 0 Å². The summed E-state index contributed by atoms with van der Waals surface area (Å²) >= 11 is 0. The molecule has 0 spiro atoms. The third-order valence-electron chi connectivity index (χ3n) is 3.39. The molecule has 2 aromatic carbocycles. The van der Waals surface area contributed by atoms with Crippen LogP contribution in [0.25, 0.3) is 0 Å². The average Bonchev–Trinajstić information content (AvgIpc) is 2.53. The van der Waals surface area contributed by atoms with Gasteiger partial charge in [-0.2, -0.15) is 0 Å². The van der Waals surface area contributed by atoms with Crippen molar-refractivity contribution in [2.24, 2.45) is 0 Å². The molecule has 4 heteroatoms. The molecule has 0 radical (unpaired) electrons. The molecule has 2 aromatic rings. The van der Waals surface area contributed by atoms with Crippen molar-refractivity contribution in [1.29, 1.82) is 0 Å². The number of benzene rings is 2. The minimum Gasteiger partial charge on any atom is -0.507 e. The quantitative estimate of drug-likeness (QED) is 0.858. The highest BCUT2D eigenvalue weighted by Gasteiger charge is 2.17. The zero-order chi connectivity index (χ0) is 15.4. The summed E-state index contributed by atoms with van der Waals surface area (Å²) < 4.78 is 10.2. The Labute approximate surface area is 123 Å². The van der Waals surface area contributed by atoms with Gasteiger partial charge in [0.1, 0.15) is 17.2 Å². The van der Waals surface area contributed by atoms with Gasteiger partial charge >= 0.3 is 0 Å². The van der Waals surface area contributed by atoms with Crippen LogP contribution < -0.4 is 9.47 Å². The summed E-state index contributed by atoms with van der Waals surface area (Å²) in [4.78, 5) is 12.6. The lowest BCUT2D eigenvalue weighted by Gasteiger charge is -2.11. The maximum absolute atomic E-state index is 12.6. The van der Waals surface area contributed by atoms with Crippen molar-refractivity contribution in [1.82, 2.24) is 0 Å². The molecule has 0 saturated carbocycles. The normalized spacial score (nSPS) is 10.2. The van der Waals surface area contributed by atoms with Gasteiger partial charge in [-0.1, -0.05) is 6.92 Å². The van der Waals surface area contributed by atoms with Gasteiger partial charge in [-0.3, -0.25) is 4.79 Å². The summed E-state index contributed by atoms with van der Waals surface area (Å²) in [5, 5.41) is 9.99. The lowest BCUT2D eigenvalue weighted by Crippen LogP contribution is -2.06. The van der Waals surface area contributed by atoms with Crippen molar-refractivity contribution >= 4 is 5.78 Å². The number of rotatable bonds is 5. The number of carbonyl (C=O) groups is 1. The summed E-state index contributed by atoms with van der Waals surface area (Å²) in [6, 6.07) is 9.97. The second-order valence-electron chi connectivity index (χ2n) is 4.59. The van der Waals surface area contributed by atoms with Crippen LogP contribution >= 0.6 is 0 Å². The molecule has 4 nitrogen and oxygen atoms in total. The van der Waals surface area contributed by atoms with E-state index in [4.69, 9.17) is 9.47 Å². The number of carbonyl (C=O) groups excluding carboxylic acids is 1. The summed E-state index contributed by atoms with van der Waals surface area (Å²) in [6.45, 7) is 1.97. The van der Waals surface area contributed by atoms with Crippen LogP contribution in [0.4, 0.5) is 0 Å². The molecule has 1 N–H and O–H groups in total. The first-order valence-corrected chi connectivity index (χ1v) is 6.69. The first kappa shape index (κ1) is 14.9. The zero-order valence-electron chi connectivity index (χ0n) is 12.3. The highest BCUT2D eigenvalue weighted by molar-refractivity contribution is 6.11. The molecule has 0 bridgehead atoms. The van der Waals surface area contributed by atoms with Crippen LogP contribution in [0.5, 0.6) is 17.2 Å². The number of hydrogen-bond acceptors (Lipinski definition) is 4. The average molecular weight is 286 g/mol. The zero-order valence-corrected chi connectivity index (χ0v) is 12.3. The Morgan fingerprint density at radius 1 is 1.00 bits per heavy atom. The highest BCUT2D eigenvalue weighted by Crippen LogP contribution is 2.28. The minimum absolute atomic E-state index is 0.0859. The molecular formula is C17H18O4. The van der Waals surface area contributed by atoms with Crippen molar-refractivity contribution < 1.29 is 19.4 Å². The monoisotopic (exact) mass is 286 g/mol. The van der Waals surface area contributed by atoms with Gasteiger partial charge in [-0.25, -0.2) is 0 Å². The number of aryl methyl sites for hydroxylation is 1. The maximum atomic E-state index is 12.6. The SMILES string of the molecule is CCc1cc(OC)ccc1C(=O)c1ccc(OC)cc1O. The van der Waals surface area contributed by atoms with Crippen LogP contribution in [0.3, 0.4) is 0 Å². The van der Waals surface area contributed by atoms with Gasteiger partial charge in [0.25, 0.3) is 0 Å². The Bertz CT molecular complexity index is 662. The lowest BCUT2D eigenvalue weighted by atomic mass is 9.96. The lowest BCUT2D eigenvalue weighted by molar-refractivity contribution is 0.103. The molecule has 0 heterocycles. The van der Waals surface area contributed by atoms with Crippen LogP contribution in [-0.2, 0) is 6.42 Å². The van der Waals surface area contributed by atoms with Crippen LogP contribution in [0.2, 0.25) is 0 Å². The number of hydrogen-bond donors (Lipinski definition) is 1. The maximum Gasteiger partial charge on any atom is 0.197 e. The second-order valence-corrected chi connectivity index (χ2v) is 4.59. The topological polar surface area (TPSA) is 55.8 Å². The third-order valence-corrected chi connectivity index (χ3v) is 3.39. The van der Waals surface area contributed by atoms with E-state index in [-0.39, 0.29) is 17.1 Å². The Morgan fingerprint density at radius 2 is 1.57 bits per heavy atom. The number of phenols is 1. The van der Waals surface area contributed by atoms with E-state index in [0.717, 1.165) is 5.56 Å². The smallest absolute Gasteiger partial charge is 0.197 e. The van der Waals surface area contributed by atoms with Crippen LogP contribution in [0, 0.1) is 0 Å². The van der Waals surface area contributed by atoms with E-state index in [2.05, 4.69) is 0 Å². The van der Waals surface area contributed by atoms with Crippen molar-refractivity contribution in [2.75, 3.05) is 14.2 Å². The van der Waals surface area contributed by atoms with E-state index < -0.39 is 0 Å². The largest absolute Gasteiger partial charge is 0.507 e. The second kappa shape index (κ2) is 6.31. The van der Waals surface area contributed by atoms with Crippen molar-refractivity contribution in [3.63, 3.8) is 0 Å². The Kier molecular flexibility index (Phi) is 4.48. The number of aromatic hydroxyl groups is 1. The summed E-state index contributed by atoms with van der Waals surface area (Å²) in [7, 11) is 3.10. The number of phenolic OH excluding ortho intramolecular Hbond substituents is 1. The van der Waals surface area contributed by atoms with Gasteiger partial charge in [0.05, 0.1) is 19.8 Å². The van der Waals surface area contributed by atoms with E-state index in [1.54, 1.807) is 31.4 Å². The molecule has 0 aromatic heterocycles. The first-order chi connectivity index (χ1) is 10.1. The van der Waals surface area contributed by atoms with Crippen LogP contribution in [-0.4, -0.2) is 25.1 Å².